The topological polar surface area (TPSA) is 146 Å². The lowest BCUT2D eigenvalue weighted by Crippen LogP contribution is -2.17. The number of thioether (sulfide) groups is 1. The van der Waals surface area contributed by atoms with Crippen LogP contribution in [0.15, 0.2) is 53.7 Å². The molecule has 0 atom stereocenters. The highest BCUT2D eigenvalue weighted by Gasteiger charge is 2.26. The Morgan fingerprint density at radius 2 is 1.75 bits per heavy atom. The van der Waals surface area contributed by atoms with Crippen molar-refractivity contribution in [2.24, 2.45) is 0 Å². The Morgan fingerprint density at radius 1 is 1.07 bits per heavy atom. The van der Waals surface area contributed by atoms with Gasteiger partial charge in [0.1, 0.15) is 5.00 Å². The van der Waals surface area contributed by atoms with Gasteiger partial charge in [0, 0.05) is 23.4 Å². The number of carbonyl (C=O) groups excluding carboxylic acids is 3. The third-order valence-electron chi connectivity index (χ3n) is 5.79. The van der Waals surface area contributed by atoms with Crippen LogP contribution in [-0.4, -0.2) is 49.7 Å². The Balaban J connectivity index is 1.62. The van der Waals surface area contributed by atoms with E-state index in [-0.39, 0.29) is 34.4 Å². The molecule has 0 aliphatic heterocycles. The van der Waals surface area contributed by atoms with Gasteiger partial charge in [0.15, 0.2) is 16.8 Å². The van der Waals surface area contributed by atoms with Crippen molar-refractivity contribution in [1.29, 1.82) is 0 Å². The molecule has 0 unspecified atom stereocenters. The van der Waals surface area contributed by atoms with Crippen molar-refractivity contribution >= 4 is 51.4 Å². The zero-order chi connectivity index (χ0) is 29.0. The molecule has 4 rings (SSSR count). The molecule has 0 aliphatic rings. The number of nitro groups is 1. The highest BCUT2D eigenvalue weighted by atomic mass is 32.2. The van der Waals surface area contributed by atoms with Gasteiger partial charge < -0.3 is 10.1 Å². The van der Waals surface area contributed by atoms with Crippen LogP contribution in [0.1, 0.15) is 45.0 Å². The molecule has 0 aliphatic carbocycles. The Labute approximate surface area is 237 Å². The fourth-order valence-corrected chi connectivity index (χ4v) is 5.75. The molecule has 1 amide bonds. The van der Waals surface area contributed by atoms with Crippen LogP contribution in [0, 0.1) is 24.0 Å². The maximum absolute atomic E-state index is 13.0. The number of benzene rings is 2. The minimum absolute atomic E-state index is 0.0460. The number of ether oxygens (including phenoxy) is 1. The van der Waals surface area contributed by atoms with Crippen molar-refractivity contribution in [3.63, 3.8) is 0 Å². The molecular weight excluding hydrogens is 554 g/mol. The number of Topliss-reactive ketones (excluding diaryl/α,β-unsaturated/α-hetero) is 1. The standard InChI is InChI=1S/C27H25N5O6S2/c1-5-38-26(35)22-16(3)23(17(4)33)40-25(22)28-21(34)14-39-27-30-29-24(18-8-12-20(13-9-18)32(36)37)31(27)19-10-6-15(2)7-11-19/h6-13H,5,14H2,1-4H3,(H,28,34). The van der Waals surface area contributed by atoms with Gasteiger partial charge in [-0.15, -0.1) is 21.5 Å². The van der Waals surface area contributed by atoms with Gasteiger partial charge >= 0.3 is 5.97 Å². The number of ketones is 1. The number of non-ortho nitro benzene ring substituents is 1. The van der Waals surface area contributed by atoms with Crippen LogP contribution in [0.4, 0.5) is 10.7 Å². The summed E-state index contributed by atoms with van der Waals surface area (Å²) in [5.74, 6) is -0.862. The fourth-order valence-electron chi connectivity index (χ4n) is 3.89. The number of aryl methyl sites for hydroxylation is 1. The number of rotatable bonds is 10. The van der Waals surface area contributed by atoms with Crippen LogP contribution in [0.3, 0.4) is 0 Å². The van der Waals surface area contributed by atoms with Gasteiger partial charge in [-0.1, -0.05) is 29.5 Å². The molecule has 0 saturated heterocycles. The van der Waals surface area contributed by atoms with Crippen LogP contribution < -0.4 is 5.32 Å². The van der Waals surface area contributed by atoms with Crippen molar-refractivity contribution in [3.05, 3.63) is 80.2 Å². The summed E-state index contributed by atoms with van der Waals surface area (Å²) >= 11 is 2.16. The SMILES string of the molecule is CCOC(=O)c1c(NC(=O)CSc2nnc(-c3ccc([N+](=O)[O-])cc3)n2-c2ccc(C)cc2)sc(C(C)=O)c1C. The van der Waals surface area contributed by atoms with E-state index in [0.29, 0.717) is 27.0 Å². The van der Waals surface area contributed by atoms with Gasteiger partial charge in [0.25, 0.3) is 5.69 Å². The van der Waals surface area contributed by atoms with E-state index in [4.69, 9.17) is 4.74 Å². The van der Waals surface area contributed by atoms with Crippen LogP contribution in [0.25, 0.3) is 17.1 Å². The van der Waals surface area contributed by atoms with Gasteiger partial charge in [0.05, 0.1) is 27.7 Å². The van der Waals surface area contributed by atoms with Gasteiger partial charge in [-0.05, 0) is 57.5 Å². The summed E-state index contributed by atoms with van der Waals surface area (Å²) in [6.07, 6.45) is 0. The number of aromatic nitrogens is 3. The lowest BCUT2D eigenvalue weighted by molar-refractivity contribution is -0.384. The number of esters is 1. The molecule has 13 heteroatoms. The first-order valence-corrected chi connectivity index (χ1v) is 13.9. The number of nitro benzene ring substituents is 1. The average Bonchev–Trinajstić information content (AvgIpc) is 3.49. The second-order valence-electron chi connectivity index (χ2n) is 8.65. The van der Waals surface area contributed by atoms with Crippen LogP contribution in [-0.2, 0) is 9.53 Å². The molecule has 11 nitrogen and oxygen atoms in total. The first-order valence-electron chi connectivity index (χ1n) is 12.1. The summed E-state index contributed by atoms with van der Waals surface area (Å²) in [4.78, 5) is 48.6. The maximum Gasteiger partial charge on any atom is 0.341 e. The molecule has 0 saturated carbocycles. The molecule has 1 N–H and O–H groups in total. The molecule has 0 spiro atoms. The number of nitrogens with one attached hydrogen (secondary N) is 1. The summed E-state index contributed by atoms with van der Waals surface area (Å²) in [6.45, 7) is 6.83. The smallest absolute Gasteiger partial charge is 0.341 e. The Bertz CT molecular complexity index is 1590. The normalized spacial score (nSPS) is 10.8. The average molecular weight is 580 g/mol. The number of nitrogens with zero attached hydrogens (tertiary/aromatic N) is 4. The summed E-state index contributed by atoms with van der Waals surface area (Å²) < 4.78 is 6.90. The van der Waals surface area contributed by atoms with E-state index in [9.17, 15) is 24.5 Å². The lowest BCUT2D eigenvalue weighted by Gasteiger charge is -2.11. The number of thiophene rings is 1. The van der Waals surface area contributed by atoms with Crippen molar-refractivity contribution in [2.45, 2.75) is 32.9 Å². The molecule has 2 aromatic carbocycles. The number of carbonyl (C=O) groups is 3. The molecule has 0 bridgehead atoms. The number of anilines is 1. The zero-order valence-corrected chi connectivity index (χ0v) is 23.7. The molecule has 4 aromatic rings. The Kier molecular flexibility index (Phi) is 8.75. The monoisotopic (exact) mass is 579 g/mol. The first kappa shape index (κ1) is 28.6. The van der Waals surface area contributed by atoms with E-state index in [0.717, 1.165) is 34.3 Å². The summed E-state index contributed by atoms with van der Waals surface area (Å²) in [5.41, 5.74) is 2.99. The van der Waals surface area contributed by atoms with Crippen LogP contribution in [0.5, 0.6) is 0 Å². The van der Waals surface area contributed by atoms with Gasteiger partial charge in [0.2, 0.25) is 5.91 Å². The third kappa shape index (κ3) is 6.10. The largest absolute Gasteiger partial charge is 0.462 e. The van der Waals surface area contributed by atoms with Crippen molar-refractivity contribution in [3.8, 4) is 17.1 Å². The maximum atomic E-state index is 13.0. The Hall–Kier alpha value is -4.36. The lowest BCUT2D eigenvalue weighted by atomic mass is 10.1. The minimum Gasteiger partial charge on any atom is -0.462 e. The van der Waals surface area contributed by atoms with Crippen molar-refractivity contribution in [1.82, 2.24) is 14.8 Å². The van der Waals surface area contributed by atoms with Gasteiger partial charge in [-0.2, -0.15) is 0 Å². The quantitative estimate of drug-likeness (QED) is 0.0830. The molecule has 2 aromatic heterocycles. The van der Waals surface area contributed by atoms with Crippen molar-refractivity contribution < 1.29 is 24.0 Å². The van der Waals surface area contributed by atoms with E-state index >= 15 is 0 Å². The predicted molar refractivity (Wildman–Crippen MR) is 153 cm³/mol. The number of hydrogen-bond donors (Lipinski definition) is 1. The number of hydrogen-bond acceptors (Lipinski definition) is 10. The third-order valence-corrected chi connectivity index (χ3v) is 8.03. The zero-order valence-electron chi connectivity index (χ0n) is 22.1. The molecule has 2 heterocycles. The summed E-state index contributed by atoms with van der Waals surface area (Å²) in [6, 6.07) is 13.6. The molecule has 0 fully saturated rings. The van der Waals surface area contributed by atoms with Crippen LogP contribution in [0.2, 0.25) is 0 Å². The summed E-state index contributed by atoms with van der Waals surface area (Å²) in [7, 11) is 0. The van der Waals surface area contributed by atoms with Crippen molar-refractivity contribution in [2.75, 3.05) is 17.7 Å². The second-order valence-corrected chi connectivity index (χ2v) is 10.6. The van der Waals surface area contributed by atoms with Crippen LogP contribution >= 0.6 is 23.1 Å². The van der Waals surface area contributed by atoms with Gasteiger partial charge in [-0.25, -0.2) is 4.79 Å². The Morgan fingerprint density at radius 3 is 2.35 bits per heavy atom. The highest BCUT2D eigenvalue weighted by molar-refractivity contribution is 7.99. The van der Waals surface area contributed by atoms with Gasteiger partial charge in [-0.3, -0.25) is 24.3 Å². The second kappa shape index (κ2) is 12.2. The fraction of sp³-hybridized carbons (Fsp3) is 0.222. The molecular formula is C27H25N5O6S2. The number of amides is 1. The van der Waals surface area contributed by atoms with E-state index < -0.39 is 16.8 Å². The predicted octanol–water partition coefficient (Wildman–Crippen LogP) is 5.63. The van der Waals surface area contributed by atoms with E-state index in [2.05, 4.69) is 15.5 Å². The first-order chi connectivity index (χ1) is 19.1. The van der Waals surface area contributed by atoms with E-state index in [1.54, 1.807) is 30.5 Å². The summed E-state index contributed by atoms with van der Waals surface area (Å²) in [5, 5.41) is 23.1. The highest BCUT2D eigenvalue weighted by Crippen LogP contribution is 2.35. The van der Waals surface area contributed by atoms with E-state index in [1.807, 2.05) is 31.2 Å². The minimum atomic E-state index is -0.612. The molecule has 40 heavy (non-hydrogen) atoms. The van der Waals surface area contributed by atoms with E-state index in [1.165, 1.54) is 19.1 Å². The molecule has 206 valence electrons. The molecule has 0 radical (unpaired) electrons.